The fourth-order valence-corrected chi connectivity index (χ4v) is 3.23. The normalized spacial score (nSPS) is 19.8. The number of piperidine rings is 1. The average Bonchev–Trinajstić information content (AvgIpc) is 2.62. The third-order valence-electron chi connectivity index (χ3n) is 4.75. The van der Waals surface area contributed by atoms with Crippen LogP contribution in [0.25, 0.3) is 0 Å². The highest BCUT2D eigenvalue weighted by molar-refractivity contribution is 5.80. The predicted octanol–water partition coefficient (Wildman–Crippen LogP) is 1.93. The SMILES string of the molecule is CCNC(=NCCC1=CCOCC1)NC1CCN(C(=O)C(C)C)CC1. The Labute approximate surface area is 152 Å². The van der Waals surface area contributed by atoms with E-state index in [0.29, 0.717) is 6.04 Å². The molecule has 1 amide bonds. The molecule has 0 aromatic heterocycles. The molecular weight excluding hydrogens is 316 g/mol. The second-order valence-corrected chi connectivity index (χ2v) is 7.10. The molecule has 0 aromatic rings. The molecule has 6 nitrogen and oxygen atoms in total. The molecule has 0 bridgehead atoms. The number of rotatable bonds is 6. The second-order valence-electron chi connectivity index (χ2n) is 7.10. The van der Waals surface area contributed by atoms with Crippen LogP contribution in [0, 0.1) is 5.92 Å². The van der Waals surface area contributed by atoms with E-state index in [1.54, 1.807) is 0 Å². The van der Waals surface area contributed by atoms with Crippen LogP contribution in [0.4, 0.5) is 0 Å². The summed E-state index contributed by atoms with van der Waals surface area (Å²) in [6.07, 6.45) is 6.17. The van der Waals surface area contributed by atoms with Gasteiger partial charge in [-0.1, -0.05) is 25.5 Å². The lowest BCUT2D eigenvalue weighted by Crippen LogP contribution is -2.50. The Hall–Kier alpha value is -1.56. The quantitative estimate of drug-likeness (QED) is 0.436. The Morgan fingerprint density at radius 3 is 2.76 bits per heavy atom. The molecule has 2 N–H and O–H groups in total. The average molecular weight is 351 g/mol. The highest BCUT2D eigenvalue weighted by atomic mass is 16.5. The Morgan fingerprint density at radius 1 is 1.40 bits per heavy atom. The Kier molecular flexibility index (Phi) is 8.25. The van der Waals surface area contributed by atoms with E-state index >= 15 is 0 Å². The van der Waals surface area contributed by atoms with E-state index in [1.807, 2.05) is 18.7 Å². The first-order chi connectivity index (χ1) is 12.1. The molecule has 2 heterocycles. The molecule has 2 aliphatic rings. The van der Waals surface area contributed by atoms with Crippen LogP contribution >= 0.6 is 0 Å². The van der Waals surface area contributed by atoms with Crippen LogP contribution in [-0.4, -0.2) is 62.2 Å². The van der Waals surface area contributed by atoms with Crippen molar-refractivity contribution in [2.45, 2.75) is 52.5 Å². The molecule has 6 heteroatoms. The van der Waals surface area contributed by atoms with Crippen molar-refractivity contribution in [2.75, 3.05) is 39.4 Å². The molecule has 2 aliphatic heterocycles. The van der Waals surface area contributed by atoms with E-state index in [4.69, 9.17) is 9.73 Å². The number of hydrogen-bond donors (Lipinski definition) is 2. The summed E-state index contributed by atoms with van der Waals surface area (Å²) in [6, 6.07) is 0.385. The Bertz CT molecular complexity index is 480. The fraction of sp³-hybridized carbons (Fsp3) is 0.789. The van der Waals surface area contributed by atoms with Crippen LogP contribution in [0.2, 0.25) is 0 Å². The number of ether oxygens (including phenoxy) is 1. The first-order valence-corrected chi connectivity index (χ1v) is 9.69. The summed E-state index contributed by atoms with van der Waals surface area (Å²) in [5, 5.41) is 6.87. The smallest absolute Gasteiger partial charge is 0.225 e. The third kappa shape index (κ3) is 6.69. The van der Waals surface area contributed by atoms with Gasteiger partial charge in [-0.25, -0.2) is 0 Å². The van der Waals surface area contributed by atoms with Crippen LogP contribution in [0.5, 0.6) is 0 Å². The molecule has 2 rings (SSSR count). The molecule has 0 saturated carbocycles. The zero-order valence-electron chi connectivity index (χ0n) is 16.0. The topological polar surface area (TPSA) is 66.0 Å². The lowest BCUT2D eigenvalue weighted by Gasteiger charge is -2.34. The fourth-order valence-electron chi connectivity index (χ4n) is 3.23. The number of aliphatic imine (C=N–C) groups is 1. The second kappa shape index (κ2) is 10.4. The number of hydrogen-bond acceptors (Lipinski definition) is 3. The molecule has 0 aliphatic carbocycles. The van der Waals surface area contributed by atoms with E-state index in [2.05, 4.69) is 23.6 Å². The standard InChI is InChI=1S/C19H34N4O2/c1-4-20-19(21-10-5-16-8-13-25-14-9-16)22-17-6-11-23(12-7-17)18(24)15(2)3/h8,15,17H,4-7,9-14H2,1-3H3,(H2,20,21,22). The van der Waals surface area contributed by atoms with Gasteiger partial charge in [0.05, 0.1) is 13.2 Å². The number of guanidine groups is 1. The van der Waals surface area contributed by atoms with Crippen molar-refractivity contribution in [3.8, 4) is 0 Å². The van der Waals surface area contributed by atoms with Gasteiger partial charge < -0.3 is 20.3 Å². The van der Waals surface area contributed by atoms with Crippen LogP contribution in [0.1, 0.15) is 46.5 Å². The Balaban J connectivity index is 1.78. The van der Waals surface area contributed by atoms with Crippen molar-refractivity contribution < 1.29 is 9.53 Å². The van der Waals surface area contributed by atoms with Crippen LogP contribution in [0.15, 0.2) is 16.6 Å². The van der Waals surface area contributed by atoms with E-state index < -0.39 is 0 Å². The minimum Gasteiger partial charge on any atom is -0.377 e. The lowest BCUT2D eigenvalue weighted by molar-refractivity contribution is -0.135. The summed E-state index contributed by atoms with van der Waals surface area (Å²) in [5.41, 5.74) is 1.45. The van der Waals surface area contributed by atoms with Gasteiger partial charge in [-0.05, 0) is 32.6 Å². The molecule has 0 radical (unpaired) electrons. The molecule has 0 aromatic carbocycles. The van der Waals surface area contributed by atoms with E-state index in [9.17, 15) is 4.79 Å². The van der Waals surface area contributed by atoms with Gasteiger partial charge in [-0.15, -0.1) is 0 Å². The molecule has 25 heavy (non-hydrogen) atoms. The number of carbonyl (C=O) groups is 1. The molecule has 0 unspecified atom stereocenters. The van der Waals surface area contributed by atoms with Crippen molar-refractivity contribution in [1.29, 1.82) is 0 Å². The van der Waals surface area contributed by atoms with E-state index in [0.717, 1.165) is 71.0 Å². The van der Waals surface area contributed by atoms with Gasteiger partial charge >= 0.3 is 0 Å². The van der Waals surface area contributed by atoms with Gasteiger partial charge in [0.15, 0.2) is 5.96 Å². The summed E-state index contributed by atoms with van der Waals surface area (Å²) >= 11 is 0. The first-order valence-electron chi connectivity index (χ1n) is 9.69. The van der Waals surface area contributed by atoms with Gasteiger partial charge in [-0.3, -0.25) is 9.79 Å². The van der Waals surface area contributed by atoms with Gasteiger partial charge in [0, 0.05) is 38.1 Å². The van der Waals surface area contributed by atoms with Crippen LogP contribution < -0.4 is 10.6 Å². The van der Waals surface area contributed by atoms with Crippen molar-refractivity contribution in [3.63, 3.8) is 0 Å². The molecule has 0 atom stereocenters. The molecular formula is C19H34N4O2. The van der Waals surface area contributed by atoms with Gasteiger partial charge in [0.25, 0.3) is 0 Å². The molecule has 0 spiro atoms. The van der Waals surface area contributed by atoms with Crippen molar-refractivity contribution in [2.24, 2.45) is 10.9 Å². The zero-order valence-corrected chi connectivity index (χ0v) is 16.0. The maximum Gasteiger partial charge on any atom is 0.225 e. The largest absolute Gasteiger partial charge is 0.377 e. The van der Waals surface area contributed by atoms with Crippen LogP contribution in [0.3, 0.4) is 0 Å². The Morgan fingerprint density at radius 2 is 2.16 bits per heavy atom. The number of nitrogens with zero attached hydrogens (tertiary/aromatic N) is 2. The maximum atomic E-state index is 12.1. The van der Waals surface area contributed by atoms with E-state index in [1.165, 1.54) is 5.57 Å². The number of nitrogens with one attached hydrogen (secondary N) is 2. The highest BCUT2D eigenvalue weighted by Crippen LogP contribution is 2.14. The van der Waals surface area contributed by atoms with Gasteiger partial charge in [0.1, 0.15) is 0 Å². The number of carbonyl (C=O) groups excluding carboxylic acids is 1. The number of likely N-dealkylation sites (tertiary alicyclic amines) is 1. The van der Waals surface area contributed by atoms with Gasteiger partial charge in [-0.2, -0.15) is 0 Å². The number of amides is 1. The minimum atomic E-state index is 0.0860. The third-order valence-corrected chi connectivity index (χ3v) is 4.75. The summed E-state index contributed by atoms with van der Waals surface area (Å²) in [4.78, 5) is 18.8. The summed E-state index contributed by atoms with van der Waals surface area (Å²) in [5.74, 6) is 1.25. The van der Waals surface area contributed by atoms with Crippen molar-refractivity contribution >= 4 is 11.9 Å². The summed E-state index contributed by atoms with van der Waals surface area (Å²) in [7, 11) is 0. The molecule has 142 valence electrons. The van der Waals surface area contributed by atoms with Crippen molar-refractivity contribution in [3.05, 3.63) is 11.6 Å². The zero-order chi connectivity index (χ0) is 18.1. The summed E-state index contributed by atoms with van der Waals surface area (Å²) in [6.45, 7) is 10.9. The predicted molar refractivity (Wildman–Crippen MR) is 102 cm³/mol. The maximum absolute atomic E-state index is 12.1. The van der Waals surface area contributed by atoms with E-state index in [-0.39, 0.29) is 11.8 Å². The summed E-state index contributed by atoms with van der Waals surface area (Å²) < 4.78 is 5.34. The first kappa shape index (κ1) is 19.8. The lowest BCUT2D eigenvalue weighted by atomic mass is 10.0. The highest BCUT2D eigenvalue weighted by Gasteiger charge is 2.24. The van der Waals surface area contributed by atoms with Crippen LogP contribution in [-0.2, 0) is 9.53 Å². The van der Waals surface area contributed by atoms with Crippen molar-refractivity contribution in [1.82, 2.24) is 15.5 Å². The minimum absolute atomic E-state index is 0.0860. The molecule has 1 fully saturated rings. The monoisotopic (exact) mass is 350 g/mol. The van der Waals surface area contributed by atoms with Gasteiger partial charge in [0.2, 0.25) is 5.91 Å². The molecule has 1 saturated heterocycles.